The minimum atomic E-state index is 0.593. The number of nitrogens with zero attached hydrogens (tertiary/aromatic N) is 3. The summed E-state index contributed by atoms with van der Waals surface area (Å²) in [6, 6.07) is 8.29. The fourth-order valence-electron chi connectivity index (χ4n) is 2.64. The van der Waals surface area contributed by atoms with Gasteiger partial charge in [0.2, 0.25) is 5.95 Å². The lowest BCUT2D eigenvalue weighted by molar-refractivity contribution is 0.198. The average Bonchev–Trinajstić information content (AvgIpc) is 2.62. The average molecular weight is 343 g/mol. The smallest absolute Gasteiger partial charge is 0.229 e. The number of benzene rings is 1. The van der Waals surface area contributed by atoms with Crippen LogP contribution in [0.5, 0.6) is 0 Å². The Morgan fingerprint density at radius 3 is 2.64 bits per heavy atom. The molecule has 0 saturated heterocycles. The second-order valence-electron chi connectivity index (χ2n) is 5.84. The van der Waals surface area contributed by atoms with Crippen molar-refractivity contribution < 1.29 is 4.74 Å². The monoisotopic (exact) mass is 343 g/mol. The molecule has 6 nitrogen and oxygen atoms in total. The van der Waals surface area contributed by atoms with E-state index in [2.05, 4.69) is 64.5 Å². The van der Waals surface area contributed by atoms with Gasteiger partial charge in [0.25, 0.3) is 0 Å². The fourth-order valence-corrected chi connectivity index (χ4v) is 2.64. The summed E-state index contributed by atoms with van der Waals surface area (Å²) in [6.45, 7) is 10.0. The first-order chi connectivity index (χ1) is 12.2. The van der Waals surface area contributed by atoms with E-state index in [1.54, 1.807) is 13.3 Å². The molecule has 0 aliphatic rings. The van der Waals surface area contributed by atoms with Gasteiger partial charge in [0, 0.05) is 50.9 Å². The van der Waals surface area contributed by atoms with Crippen LogP contribution in [0.25, 0.3) is 0 Å². The molecule has 1 aromatic carbocycles. The Morgan fingerprint density at radius 1 is 1.16 bits per heavy atom. The Balaban J connectivity index is 2.04. The third-order valence-corrected chi connectivity index (χ3v) is 4.07. The molecule has 0 bridgehead atoms. The van der Waals surface area contributed by atoms with Gasteiger partial charge in [-0.25, -0.2) is 4.98 Å². The molecule has 6 heteroatoms. The second kappa shape index (κ2) is 9.84. The maximum atomic E-state index is 5.05. The number of ether oxygens (including phenoxy) is 1. The van der Waals surface area contributed by atoms with Gasteiger partial charge in [-0.05, 0) is 57.0 Å². The van der Waals surface area contributed by atoms with E-state index in [1.165, 1.54) is 11.3 Å². The molecule has 0 unspecified atom stereocenters. The van der Waals surface area contributed by atoms with Crippen molar-refractivity contribution >= 4 is 23.1 Å². The highest BCUT2D eigenvalue weighted by Crippen LogP contribution is 2.24. The summed E-state index contributed by atoms with van der Waals surface area (Å²) in [5.74, 6) is 1.40. The summed E-state index contributed by atoms with van der Waals surface area (Å²) in [6.07, 6.45) is 2.70. The third kappa shape index (κ3) is 5.60. The lowest BCUT2D eigenvalue weighted by atomic mass is 10.1. The quantitative estimate of drug-likeness (QED) is 0.640. The first-order valence-electron chi connectivity index (χ1n) is 8.86. The highest BCUT2D eigenvalue weighted by Gasteiger charge is 2.06. The van der Waals surface area contributed by atoms with Gasteiger partial charge in [-0.3, -0.25) is 0 Å². The summed E-state index contributed by atoms with van der Waals surface area (Å²) in [5, 5.41) is 6.59. The van der Waals surface area contributed by atoms with E-state index in [4.69, 9.17) is 4.74 Å². The van der Waals surface area contributed by atoms with Crippen LogP contribution < -0.4 is 15.5 Å². The third-order valence-electron chi connectivity index (χ3n) is 4.07. The van der Waals surface area contributed by atoms with Crippen molar-refractivity contribution in [2.75, 3.05) is 48.9 Å². The molecule has 0 spiro atoms. The SMILES string of the molecule is CCN(CC)c1ccc(Nc2nccc(NCCCOC)n2)c(C)c1. The van der Waals surface area contributed by atoms with Gasteiger partial charge in [0.1, 0.15) is 5.82 Å². The van der Waals surface area contributed by atoms with Crippen LogP contribution in [-0.2, 0) is 4.74 Å². The topological polar surface area (TPSA) is 62.3 Å². The number of methoxy groups -OCH3 is 1. The number of hydrogen-bond acceptors (Lipinski definition) is 6. The van der Waals surface area contributed by atoms with Crippen molar-refractivity contribution in [2.45, 2.75) is 27.2 Å². The van der Waals surface area contributed by atoms with Crippen LogP contribution in [0.3, 0.4) is 0 Å². The molecule has 25 heavy (non-hydrogen) atoms. The predicted octanol–water partition coefficient (Wildman–Crippen LogP) is 3.82. The number of rotatable bonds is 10. The van der Waals surface area contributed by atoms with E-state index in [9.17, 15) is 0 Å². The molecular formula is C19H29N5O. The molecule has 1 heterocycles. The molecule has 0 saturated carbocycles. The molecule has 2 N–H and O–H groups in total. The highest BCUT2D eigenvalue weighted by atomic mass is 16.5. The minimum Gasteiger partial charge on any atom is -0.385 e. The Hall–Kier alpha value is -2.34. The number of hydrogen-bond donors (Lipinski definition) is 2. The van der Waals surface area contributed by atoms with Crippen LogP contribution in [-0.4, -0.2) is 43.3 Å². The van der Waals surface area contributed by atoms with Gasteiger partial charge < -0.3 is 20.3 Å². The van der Waals surface area contributed by atoms with Crippen molar-refractivity contribution in [1.29, 1.82) is 0 Å². The Bertz CT molecular complexity index is 658. The lowest BCUT2D eigenvalue weighted by Crippen LogP contribution is -2.21. The first-order valence-corrected chi connectivity index (χ1v) is 8.86. The number of nitrogens with one attached hydrogen (secondary N) is 2. The van der Waals surface area contributed by atoms with Crippen LogP contribution >= 0.6 is 0 Å². The predicted molar refractivity (Wildman–Crippen MR) is 105 cm³/mol. The molecule has 0 aliphatic heterocycles. The standard InChI is InChI=1S/C19H29N5O/c1-5-24(6-2)16-8-9-17(15(3)14-16)22-19-21-12-10-18(23-19)20-11-7-13-25-4/h8-10,12,14H,5-7,11,13H2,1-4H3,(H2,20,21,22,23). The molecule has 0 radical (unpaired) electrons. The van der Waals surface area contributed by atoms with Crippen molar-refractivity contribution in [3.63, 3.8) is 0 Å². The summed E-state index contributed by atoms with van der Waals surface area (Å²) >= 11 is 0. The Kier molecular flexibility index (Phi) is 7.47. The van der Waals surface area contributed by atoms with Gasteiger partial charge in [0.15, 0.2) is 0 Å². The zero-order chi connectivity index (χ0) is 18.1. The van der Waals surface area contributed by atoms with Crippen molar-refractivity contribution in [3.05, 3.63) is 36.0 Å². The maximum absolute atomic E-state index is 5.05. The van der Waals surface area contributed by atoms with Crippen molar-refractivity contribution in [1.82, 2.24) is 9.97 Å². The van der Waals surface area contributed by atoms with Gasteiger partial charge in [-0.2, -0.15) is 4.98 Å². The van der Waals surface area contributed by atoms with E-state index in [0.717, 1.165) is 44.2 Å². The molecule has 0 fully saturated rings. The van der Waals surface area contributed by atoms with Gasteiger partial charge in [-0.1, -0.05) is 0 Å². The zero-order valence-electron chi connectivity index (χ0n) is 15.7. The summed E-state index contributed by atoms with van der Waals surface area (Å²) in [7, 11) is 1.71. The molecule has 0 amide bonds. The number of anilines is 4. The number of aromatic nitrogens is 2. The zero-order valence-corrected chi connectivity index (χ0v) is 15.7. The molecule has 0 atom stereocenters. The van der Waals surface area contributed by atoms with E-state index in [1.807, 2.05) is 6.07 Å². The largest absolute Gasteiger partial charge is 0.385 e. The van der Waals surface area contributed by atoms with Crippen LogP contribution in [0.2, 0.25) is 0 Å². The van der Waals surface area contributed by atoms with Crippen molar-refractivity contribution in [3.8, 4) is 0 Å². The highest BCUT2D eigenvalue weighted by molar-refractivity contribution is 5.64. The van der Waals surface area contributed by atoms with Gasteiger partial charge in [0.05, 0.1) is 0 Å². The normalized spacial score (nSPS) is 10.6. The van der Waals surface area contributed by atoms with Crippen LogP contribution in [0, 0.1) is 6.92 Å². The number of aryl methyl sites for hydroxylation is 1. The molecule has 2 rings (SSSR count). The van der Waals surface area contributed by atoms with E-state index < -0.39 is 0 Å². The summed E-state index contributed by atoms with van der Waals surface area (Å²) in [4.78, 5) is 11.2. The van der Waals surface area contributed by atoms with Crippen LogP contribution in [0.4, 0.5) is 23.1 Å². The Labute approximate surface area is 150 Å². The van der Waals surface area contributed by atoms with Crippen LogP contribution in [0.1, 0.15) is 25.8 Å². The van der Waals surface area contributed by atoms with Crippen molar-refractivity contribution in [2.24, 2.45) is 0 Å². The van der Waals surface area contributed by atoms with Gasteiger partial charge >= 0.3 is 0 Å². The second-order valence-corrected chi connectivity index (χ2v) is 5.84. The molecule has 136 valence electrons. The van der Waals surface area contributed by atoms with E-state index in [-0.39, 0.29) is 0 Å². The van der Waals surface area contributed by atoms with Crippen LogP contribution in [0.15, 0.2) is 30.5 Å². The van der Waals surface area contributed by atoms with Gasteiger partial charge in [-0.15, -0.1) is 0 Å². The maximum Gasteiger partial charge on any atom is 0.229 e. The van der Waals surface area contributed by atoms with E-state index in [0.29, 0.717) is 5.95 Å². The first kappa shape index (κ1) is 19.0. The minimum absolute atomic E-state index is 0.593. The molecule has 2 aromatic rings. The lowest BCUT2D eigenvalue weighted by Gasteiger charge is -2.22. The fraction of sp³-hybridized carbons (Fsp3) is 0.474. The molecule has 1 aromatic heterocycles. The molecular weight excluding hydrogens is 314 g/mol. The summed E-state index contributed by atoms with van der Waals surface area (Å²) in [5.41, 5.74) is 3.43. The van der Waals surface area contributed by atoms with E-state index >= 15 is 0 Å². The summed E-state index contributed by atoms with van der Waals surface area (Å²) < 4.78 is 5.05. The Morgan fingerprint density at radius 2 is 1.96 bits per heavy atom. The molecule has 0 aliphatic carbocycles.